The predicted molar refractivity (Wildman–Crippen MR) is 82.6 cm³/mol. The Kier molecular flexibility index (Phi) is 5.74. The van der Waals surface area contributed by atoms with Crippen LogP contribution in [0.25, 0.3) is 0 Å². The Labute approximate surface area is 125 Å². The molecule has 0 unspecified atom stereocenters. The maximum absolute atomic E-state index is 5.74. The minimum Gasteiger partial charge on any atom is -0.490 e. The van der Waals surface area contributed by atoms with Gasteiger partial charge in [-0.2, -0.15) is 0 Å². The normalized spacial score (nSPS) is 15.2. The van der Waals surface area contributed by atoms with Crippen molar-refractivity contribution in [2.24, 2.45) is 0 Å². The first kappa shape index (κ1) is 15.2. The van der Waals surface area contributed by atoms with Gasteiger partial charge in [0.2, 0.25) is 0 Å². The molecular weight excluding hydrogens is 274 g/mol. The van der Waals surface area contributed by atoms with Gasteiger partial charge in [-0.05, 0) is 50.0 Å². The molecule has 1 N–H and O–H groups in total. The molecule has 110 valence electrons. The Morgan fingerprint density at radius 3 is 2.80 bits per heavy atom. The first-order chi connectivity index (χ1) is 9.72. The topological polar surface area (TPSA) is 30.5 Å². The second-order valence-electron chi connectivity index (χ2n) is 5.11. The van der Waals surface area contributed by atoms with Crippen LogP contribution in [0, 0.1) is 0 Å². The fourth-order valence-electron chi connectivity index (χ4n) is 1.82. The Morgan fingerprint density at radius 1 is 1.35 bits per heavy atom. The van der Waals surface area contributed by atoms with E-state index in [1.807, 2.05) is 26.0 Å². The Morgan fingerprint density at radius 2 is 2.15 bits per heavy atom. The highest BCUT2D eigenvalue weighted by Gasteiger charge is 2.20. The van der Waals surface area contributed by atoms with Crippen LogP contribution in [0.15, 0.2) is 29.3 Å². The van der Waals surface area contributed by atoms with Crippen molar-refractivity contribution < 1.29 is 9.47 Å². The molecule has 0 bridgehead atoms. The summed E-state index contributed by atoms with van der Waals surface area (Å²) < 4.78 is 11.4. The van der Waals surface area contributed by atoms with E-state index in [1.54, 1.807) is 0 Å². The average molecular weight is 296 g/mol. The van der Waals surface area contributed by atoms with Crippen LogP contribution in [0.3, 0.4) is 0 Å². The van der Waals surface area contributed by atoms with Crippen molar-refractivity contribution in [3.05, 3.63) is 34.9 Å². The molecule has 1 aliphatic rings. The van der Waals surface area contributed by atoms with Gasteiger partial charge in [0.15, 0.2) is 11.5 Å². The van der Waals surface area contributed by atoms with Crippen LogP contribution in [0.2, 0.25) is 0 Å². The summed E-state index contributed by atoms with van der Waals surface area (Å²) in [5.41, 5.74) is 3.74. The highest BCUT2D eigenvalue weighted by molar-refractivity contribution is 6.25. The van der Waals surface area contributed by atoms with E-state index in [9.17, 15) is 0 Å². The van der Waals surface area contributed by atoms with E-state index >= 15 is 0 Å². The van der Waals surface area contributed by atoms with E-state index in [0.29, 0.717) is 19.3 Å². The zero-order valence-corrected chi connectivity index (χ0v) is 12.9. The van der Waals surface area contributed by atoms with Gasteiger partial charge in [-0.15, -0.1) is 0 Å². The van der Waals surface area contributed by atoms with Gasteiger partial charge in [0.1, 0.15) is 6.61 Å². The fourth-order valence-corrected chi connectivity index (χ4v) is 1.89. The van der Waals surface area contributed by atoms with Gasteiger partial charge in [-0.3, -0.25) is 0 Å². The van der Waals surface area contributed by atoms with Crippen LogP contribution in [-0.4, -0.2) is 19.3 Å². The van der Waals surface area contributed by atoms with Crippen molar-refractivity contribution in [2.75, 3.05) is 13.2 Å². The summed E-state index contributed by atoms with van der Waals surface area (Å²) in [7, 11) is 0. The zero-order chi connectivity index (χ0) is 14.4. The molecule has 1 aromatic carbocycles. The summed E-state index contributed by atoms with van der Waals surface area (Å²) in [6.07, 6.45) is 2.59. The zero-order valence-electron chi connectivity index (χ0n) is 12.1. The predicted octanol–water partition coefficient (Wildman–Crippen LogP) is 3.86. The number of halogens is 1. The molecule has 4 heteroatoms. The molecule has 1 aromatic rings. The molecule has 1 fully saturated rings. The summed E-state index contributed by atoms with van der Waals surface area (Å²) >= 11 is 5.64. The summed E-state index contributed by atoms with van der Waals surface area (Å²) in [6.45, 7) is 5.89. The molecule has 0 amide bonds. The number of ether oxygens (including phenoxy) is 2. The van der Waals surface area contributed by atoms with E-state index in [4.69, 9.17) is 21.1 Å². The third kappa shape index (κ3) is 4.73. The molecule has 20 heavy (non-hydrogen) atoms. The van der Waals surface area contributed by atoms with Crippen LogP contribution in [0.4, 0.5) is 0 Å². The molecule has 0 aliphatic heterocycles. The van der Waals surface area contributed by atoms with E-state index in [2.05, 4.69) is 11.4 Å². The molecule has 1 saturated carbocycles. The maximum Gasteiger partial charge on any atom is 0.161 e. The summed E-state index contributed by atoms with van der Waals surface area (Å²) in [4.78, 5) is 0. The number of hydrogen-bond donors (Lipinski definition) is 1. The minimum atomic E-state index is 0.475. The standard InChI is InChI=1S/C16H22ClNO2/c1-3-19-16-8-13(10-18-14-5-6-14)4-7-15(16)20-11-12(2)9-17/h4,7-9,14,18H,3,5-6,10-11H2,1-2H3/b12-9+. The SMILES string of the molecule is CCOc1cc(CNC2CC2)ccc1OC/C(C)=C/Cl. The Balaban J connectivity index is 2.01. The molecule has 1 aliphatic carbocycles. The van der Waals surface area contributed by atoms with Crippen molar-refractivity contribution in [1.82, 2.24) is 5.32 Å². The summed E-state index contributed by atoms with van der Waals surface area (Å²) in [6, 6.07) is 6.80. The third-order valence-electron chi connectivity index (χ3n) is 3.12. The molecule has 0 atom stereocenters. The monoisotopic (exact) mass is 295 g/mol. The van der Waals surface area contributed by atoms with Gasteiger partial charge < -0.3 is 14.8 Å². The van der Waals surface area contributed by atoms with Crippen LogP contribution in [0.1, 0.15) is 32.3 Å². The van der Waals surface area contributed by atoms with E-state index < -0.39 is 0 Å². The lowest BCUT2D eigenvalue weighted by atomic mass is 10.2. The van der Waals surface area contributed by atoms with Crippen LogP contribution in [0.5, 0.6) is 11.5 Å². The second-order valence-corrected chi connectivity index (χ2v) is 5.33. The largest absolute Gasteiger partial charge is 0.490 e. The smallest absolute Gasteiger partial charge is 0.161 e. The van der Waals surface area contributed by atoms with Gasteiger partial charge >= 0.3 is 0 Å². The van der Waals surface area contributed by atoms with Gasteiger partial charge in [0.05, 0.1) is 6.61 Å². The Hall–Kier alpha value is -1.19. The van der Waals surface area contributed by atoms with Crippen molar-refractivity contribution in [1.29, 1.82) is 0 Å². The summed E-state index contributed by atoms with van der Waals surface area (Å²) in [5, 5.41) is 3.50. The van der Waals surface area contributed by atoms with Gasteiger partial charge in [-0.25, -0.2) is 0 Å². The Bertz CT molecular complexity index is 470. The quantitative estimate of drug-likeness (QED) is 0.790. The lowest BCUT2D eigenvalue weighted by Gasteiger charge is -2.13. The third-order valence-corrected chi connectivity index (χ3v) is 3.49. The van der Waals surface area contributed by atoms with Gasteiger partial charge in [-0.1, -0.05) is 17.7 Å². The molecule has 3 nitrogen and oxygen atoms in total. The lowest BCUT2D eigenvalue weighted by Crippen LogP contribution is -2.15. The van der Waals surface area contributed by atoms with Gasteiger partial charge in [0, 0.05) is 18.1 Å². The maximum atomic E-state index is 5.74. The number of nitrogens with one attached hydrogen (secondary N) is 1. The number of benzene rings is 1. The summed E-state index contributed by atoms with van der Waals surface area (Å²) in [5.74, 6) is 1.56. The van der Waals surface area contributed by atoms with Gasteiger partial charge in [0.25, 0.3) is 0 Å². The minimum absolute atomic E-state index is 0.475. The van der Waals surface area contributed by atoms with Crippen molar-refractivity contribution in [3.63, 3.8) is 0 Å². The first-order valence-corrected chi connectivity index (χ1v) is 7.54. The molecule has 0 saturated heterocycles. The molecule has 0 spiro atoms. The molecule has 0 heterocycles. The molecule has 2 rings (SSSR count). The van der Waals surface area contributed by atoms with E-state index in [-0.39, 0.29) is 0 Å². The fraction of sp³-hybridized carbons (Fsp3) is 0.500. The van der Waals surface area contributed by atoms with Crippen LogP contribution in [-0.2, 0) is 6.54 Å². The van der Waals surface area contributed by atoms with Crippen molar-refractivity contribution >= 4 is 11.6 Å². The highest BCUT2D eigenvalue weighted by atomic mass is 35.5. The van der Waals surface area contributed by atoms with Crippen molar-refractivity contribution in [2.45, 2.75) is 39.3 Å². The molecule has 0 aromatic heterocycles. The lowest BCUT2D eigenvalue weighted by molar-refractivity contribution is 0.292. The average Bonchev–Trinajstić information content (AvgIpc) is 3.28. The molecule has 0 radical (unpaired) electrons. The molecular formula is C16H22ClNO2. The van der Waals surface area contributed by atoms with E-state index in [0.717, 1.165) is 23.6 Å². The number of hydrogen-bond acceptors (Lipinski definition) is 3. The van der Waals surface area contributed by atoms with Crippen LogP contribution < -0.4 is 14.8 Å². The second kappa shape index (κ2) is 7.55. The van der Waals surface area contributed by atoms with Crippen molar-refractivity contribution in [3.8, 4) is 11.5 Å². The highest BCUT2D eigenvalue weighted by Crippen LogP contribution is 2.29. The van der Waals surface area contributed by atoms with Crippen LogP contribution >= 0.6 is 11.6 Å². The first-order valence-electron chi connectivity index (χ1n) is 7.10. The van der Waals surface area contributed by atoms with E-state index in [1.165, 1.54) is 23.9 Å². The number of rotatable bonds is 8.